The number of hydrogen-bond donors (Lipinski definition) is 1. The molecule has 0 aromatic heterocycles. The summed E-state index contributed by atoms with van der Waals surface area (Å²) in [6, 6.07) is 4.44. The van der Waals surface area contributed by atoms with Gasteiger partial charge < -0.3 is 10.0 Å². The van der Waals surface area contributed by atoms with Gasteiger partial charge in [0.15, 0.2) is 0 Å². The summed E-state index contributed by atoms with van der Waals surface area (Å²) in [6.45, 7) is 0.277. The molecule has 1 rings (SSSR count). The standard InChI is InChI=1S/C9H11ClN2O3/c1-11(4-5-13)8-3-2-7(10)6-9(8)12(14)15/h2-3,6,13H,4-5H2,1H3. The molecule has 1 aromatic carbocycles. The lowest BCUT2D eigenvalue weighted by atomic mass is 10.2. The van der Waals surface area contributed by atoms with Crippen LogP contribution in [0, 0.1) is 10.1 Å². The van der Waals surface area contributed by atoms with Gasteiger partial charge in [-0.25, -0.2) is 0 Å². The number of halogens is 1. The summed E-state index contributed by atoms with van der Waals surface area (Å²) in [5, 5.41) is 19.8. The van der Waals surface area contributed by atoms with Crippen LogP contribution < -0.4 is 4.90 Å². The van der Waals surface area contributed by atoms with Gasteiger partial charge in [-0.1, -0.05) is 11.6 Å². The predicted octanol–water partition coefficient (Wildman–Crippen LogP) is 1.68. The SMILES string of the molecule is CN(CCO)c1ccc(Cl)cc1[N+](=O)[O-]. The van der Waals surface area contributed by atoms with E-state index in [1.54, 1.807) is 24.1 Å². The van der Waals surface area contributed by atoms with Crippen LogP contribution in [-0.4, -0.2) is 30.2 Å². The number of nitro groups is 1. The molecule has 15 heavy (non-hydrogen) atoms. The average molecular weight is 231 g/mol. The highest BCUT2D eigenvalue weighted by Gasteiger charge is 2.16. The molecule has 1 N–H and O–H groups in total. The van der Waals surface area contributed by atoms with Crippen molar-refractivity contribution in [3.63, 3.8) is 0 Å². The molecule has 0 aliphatic rings. The quantitative estimate of drug-likeness (QED) is 0.631. The number of nitrogens with zero attached hydrogens (tertiary/aromatic N) is 2. The smallest absolute Gasteiger partial charge is 0.294 e. The molecule has 1 aromatic rings. The lowest BCUT2D eigenvalue weighted by Gasteiger charge is -2.17. The maximum absolute atomic E-state index is 10.7. The second kappa shape index (κ2) is 4.95. The number of hydrogen-bond acceptors (Lipinski definition) is 4. The Morgan fingerprint density at radius 2 is 2.27 bits per heavy atom. The first kappa shape index (κ1) is 11.7. The van der Waals surface area contributed by atoms with E-state index in [4.69, 9.17) is 16.7 Å². The summed E-state index contributed by atoms with van der Waals surface area (Å²) < 4.78 is 0. The maximum atomic E-state index is 10.7. The summed E-state index contributed by atoms with van der Waals surface area (Å²) >= 11 is 5.67. The predicted molar refractivity (Wildman–Crippen MR) is 58.5 cm³/mol. The molecule has 0 aliphatic heterocycles. The first-order chi connectivity index (χ1) is 7.06. The Morgan fingerprint density at radius 3 is 2.80 bits per heavy atom. The first-order valence-electron chi connectivity index (χ1n) is 4.32. The van der Waals surface area contributed by atoms with Gasteiger partial charge in [0.1, 0.15) is 5.69 Å². The van der Waals surface area contributed by atoms with Crippen molar-refractivity contribution in [3.8, 4) is 0 Å². The molecule has 0 fully saturated rings. The molecule has 0 atom stereocenters. The largest absolute Gasteiger partial charge is 0.395 e. The van der Waals surface area contributed by atoms with Crippen molar-refractivity contribution < 1.29 is 10.0 Å². The van der Waals surface area contributed by atoms with Gasteiger partial charge in [0.25, 0.3) is 5.69 Å². The Hall–Kier alpha value is -1.33. The molecular formula is C9H11ClN2O3. The second-order valence-corrected chi connectivity index (χ2v) is 3.47. The molecule has 0 amide bonds. The second-order valence-electron chi connectivity index (χ2n) is 3.04. The third-order valence-corrected chi connectivity index (χ3v) is 2.22. The Labute approximate surface area is 92.0 Å². The Kier molecular flexibility index (Phi) is 3.88. The average Bonchev–Trinajstić information content (AvgIpc) is 2.17. The highest BCUT2D eigenvalue weighted by Crippen LogP contribution is 2.29. The number of rotatable bonds is 4. The molecule has 6 heteroatoms. The minimum atomic E-state index is -0.491. The van der Waals surface area contributed by atoms with Crippen LogP contribution in [0.1, 0.15) is 0 Å². The van der Waals surface area contributed by atoms with Crippen molar-refractivity contribution in [2.24, 2.45) is 0 Å². The molecule has 0 bridgehead atoms. The van der Waals surface area contributed by atoms with Crippen molar-refractivity contribution >= 4 is 23.0 Å². The van der Waals surface area contributed by atoms with Crippen molar-refractivity contribution in [3.05, 3.63) is 33.3 Å². The van der Waals surface area contributed by atoms with E-state index in [0.29, 0.717) is 17.3 Å². The van der Waals surface area contributed by atoms with Gasteiger partial charge >= 0.3 is 0 Å². The molecule has 0 radical (unpaired) electrons. The Morgan fingerprint density at radius 1 is 1.60 bits per heavy atom. The lowest BCUT2D eigenvalue weighted by Crippen LogP contribution is -2.22. The van der Waals surface area contributed by atoms with Gasteiger partial charge in [0.05, 0.1) is 11.5 Å². The zero-order valence-electron chi connectivity index (χ0n) is 8.18. The van der Waals surface area contributed by atoms with Gasteiger partial charge in [-0.05, 0) is 12.1 Å². The van der Waals surface area contributed by atoms with E-state index in [1.165, 1.54) is 6.07 Å². The lowest BCUT2D eigenvalue weighted by molar-refractivity contribution is -0.384. The van der Waals surface area contributed by atoms with E-state index in [1.807, 2.05) is 0 Å². The van der Waals surface area contributed by atoms with Gasteiger partial charge in [-0.3, -0.25) is 10.1 Å². The van der Waals surface area contributed by atoms with Crippen molar-refractivity contribution in [1.82, 2.24) is 0 Å². The minimum absolute atomic E-state index is 0.0570. The molecule has 0 aliphatic carbocycles. The van der Waals surface area contributed by atoms with Crippen LogP contribution in [0.3, 0.4) is 0 Å². The fourth-order valence-electron chi connectivity index (χ4n) is 1.24. The summed E-state index contributed by atoms with van der Waals surface area (Å²) in [6.07, 6.45) is 0. The summed E-state index contributed by atoms with van der Waals surface area (Å²) in [7, 11) is 1.67. The molecule has 82 valence electrons. The maximum Gasteiger partial charge on any atom is 0.294 e. The first-order valence-corrected chi connectivity index (χ1v) is 4.70. The number of likely N-dealkylation sites (N-methyl/N-ethyl adjacent to an activating group) is 1. The number of anilines is 1. The van der Waals surface area contributed by atoms with Crippen molar-refractivity contribution in [2.45, 2.75) is 0 Å². The zero-order valence-corrected chi connectivity index (χ0v) is 8.94. The number of benzene rings is 1. The van der Waals surface area contributed by atoms with Crippen LogP contribution >= 0.6 is 11.6 Å². The number of aliphatic hydroxyl groups is 1. The van der Waals surface area contributed by atoms with E-state index in [9.17, 15) is 10.1 Å². The zero-order chi connectivity index (χ0) is 11.4. The topological polar surface area (TPSA) is 66.6 Å². The van der Waals surface area contributed by atoms with Gasteiger partial charge in [-0.2, -0.15) is 0 Å². The van der Waals surface area contributed by atoms with Crippen molar-refractivity contribution in [1.29, 1.82) is 0 Å². The molecular weight excluding hydrogens is 220 g/mol. The third kappa shape index (κ3) is 2.81. The highest BCUT2D eigenvalue weighted by molar-refractivity contribution is 6.30. The van der Waals surface area contributed by atoms with Gasteiger partial charge in [0.2, 0.25) is 0 Å². The van der Waals surface area contributed by atoms with Crippen LogP contribution in [0.15, 0.2) is 18.2 Å². The Balaban J connectivity index is 3.10. The van der Waals surface area contributed by atoms with Gasteiger partial charge in [0, 0.05) is 24.7 Å². The highest BCUT2D eigenvalue weighted by atomic mass is 35.5. The van der Waals surface area contributed by atoms with E-state index in [0.717, 1.165) is 0 Å². The van der Waals surface area contributed by atoms with Crippen LogP contribution in [0.4, 0.5) is 11.4 Å². The third-order valence-electron chi connectivity index (χ3n) is 1.98. The van der Waals surface area contributed by atoms with Crippen LogP contribution in [-0.2, 0) is 0 Å². The molecule has 0 heterocycles. The molecule has 0 saturated heterocycles. The minimum Gasteiger partial charge on any atom is -0.395 e. The summed E-state index contributed by atoms with van der Waals surface area (Å²) in [4.78, 5) is 11.9. The van der Waals surface area contributed by atoms with Crippen LogP contribution in [0.2, 0.25) is 5.02 Å². The number of nitro benzene ring substituents is 1. The van der Waals surface area contributed by atoms with Crippen molar-refractivity contribution in [2.75, 3.05) is 25.1 Å². The fourth-order valence-corrected chi connectivity index (χ4v) is 1.40. The summed E-state index contributed by atoms with van der Waals surface area (Å²) in [5.41, 5.74) is 0.386. The van der Waals surface area contributed by atoms with E-state index < -0.39 is 4.92 Å². The van der Waals surface area contributed by atoms with Crippen LogP contribution in [0.5, 0.6) is 0 Å². The monoisotopic (exact) mass is 230 g/mol. The van der Waals surface area contributed by atoms with E-state index in [2.05, 4.69) is 0 Å². The molecule has 0 unspecified atom stereocenters. The number of aliphatic hydroxyl groups excluding tert-OH is 1. The fraction of sp³-hybridized carbons (Fsp3) is 0.333. The molecule has 0 saturated carbocycles. The van der Waals surface area contributed by atoms with Gasteiger partial charge in [-0.15, -0.1) is 0 Å². The Bertz CT molecular complexity index is 370. The molecule has 5 nitrogen and oxygen atoms in total. The van der Waals surface area contributed by atoms with E-state index >= 15 is 0 Å². The van der Waals surface area contributed by atoms with Crippen LogP contribution in [0.25, 0.3) is 0 Å². The summed E-state index contributed by atoms with van der Waals surface area (Å²) in [5.74, 6) is 0. The normalized spacial score (nSPS) is 10.1. The molecule has 0 spiro atoms. The van der Waals surface area contributed by atoms with E-state index in [-0.39, 0.29) is 12.3 Å².